The van der Waals surface area contributed by atoms with Crippen molar-refractivity contribution in [3.8, 4) is 0 Å². The monoisotopic (exact) mass is 188 g/mol. The first-order valence-electron chi connectivity index (χ1n) is 4.70. The molecule has 0 saturated heterocycles. The molecule has 3 nitrogen and oxygen atoms in total. The molecular formula is C10H20O3. The highest BCUT2D eigenvalue weighted by Gasteiger charge is 2.07. The zero-order valence-electron chi connectivity index (χ0n) is 8.79. The van der Waals surface area contributed by atoms with Crippen LogP contribution >= 0.6 is 0 Å². The number of ether oxygens (including phenoxy) is 3. The number of rotatable bonds is 8. The predicted molar refractivity (Wildman–Crippen MR) is 52.4 cm³/mol. The lowest BCUT2D eigenvalue weighted by molar-refractivity contribution is -0.117. The van der Waals surface area contributed by atoms with Crippen LogP contribution < -0.4 is 0 Å². The lowest BCUT2D eigenvalue weighted by Crippen LogP contribution is -2.18. The van der Waals surface area contributed by atoms with Crippen molar-refractivity contribution >= 4 is 0 Å². The third kappa shape index (κ3) is 7.81. The summed E-state index contributed by atoms with van der Waals surface area (Å²) in [5.41, 5.74) is 0. The second-order valence-corrected chi connectivity index (χ2v) is 2.90. The maximum absolute atomic E-state index is 5.37. The van der Waals surface area contributed by atoms with E-state index in [2.05, 4.69) is 6.58 Å². The van der Waals surface area contributed by atoms with E-state index in [1.165, 1.54) is 6.26 Å². The van der Waals surface area contributed by atoms with Crippen molar-refractivity contribution in [2.24, 2.45) is 0 Å². The second kappa shape index (κ2) is 8.08. The highest BCUT2D eigenvalue weighted by Crippen LogP contribution is 2.02. The van der Waals surface area contributed by atoms with E-state index in [0.29, 0.717) is 13.2 Å². The predicted octanol–water partition coefficient (Wildman–Crippen LogP) is 2.32. The van der Waals surface area contributed by atoms with Crippen LogP contribution in [0.25, 0.3) is 0 Å². The van der Waals surface area contributed by atoms with E-state index in [-0.39, 0.29) is 12.4 Å². The Bertz CT molecular complexity index is 123. The molecule has 0 radical (unpaired) electrons. The largest absolute Gasteiger partial charge is 0.473 e. The summed E-state index contributed by atoms with van der Waals surface area (Å²) < 4.78 is 15.8. The van der Waals surface area contributed by atoms with Crippen molar-refractivity contribution in [2.75, 3.05) is 13.2 Å². The molecule has 0 aromatic rings. The van der Waals surface area contributed by atoms with Crippen LogP contribution in [-0.4, -0.2) is 25.6 Å². The van der Waals surface area contributed by atoms with Crippen LogP contribution in [0.3, 0.4) is 0 Å². The molecule has 0 spiro atoms. The summed E-state index contributed by atoms with van der Waals surface area (Å²) in [4.78, 5) is 0. The van der Waals surface area contributed by atoms with E-state index in [1.54, 1.807) is 0 Å². The van der Waals surface area contributed by atoms with E-state index in [4.69, 9.17) is 14.2 Å². The zero-order valence-corrected chi connectivity index (χ0v) is 8.79. The minimum Gasteiger partial charge on any atom is -0.473 e. The summed E-state index contributed by atoms with van der Waals surface area (Å²) >= 11 is 0. The Kier molecular flexibility index (Phi) is 7.74. The topological polar surface area (TPSA) is 27.7 Å². The van der Waals surface area contributed by atoms with Crippen molar-refractivity contribution in [3.05, 3.63) is 12.8 Å². The van der Waals surface area contributed by atoms with Crippen LogP contribution in [0, 0.1) is 0 Å². The van der Waals surface area contributed by atoms with Crippen molar-refractivity contribution in [2.45, 2.75) is 39.6 Å². The summed E-state index contributed by atoms with van der Waals surface area (Å²) in [5.74, 6) is 0. The highest BCUT2D eigenvalue weighted by atomic mass is 16.7. The first-order valence-corrected chi connectivity index (χ1v) is 4.70. The van der Waals surface area contributed by atoms with Crippen LogP contribution in [-0.2, 0) is 14.2 Å². The molecule has 0 saturated carbocycles. The van der Waals surface area contributed by atoms with E-state index in [1.807, 2.05) is 20.8 Å². The maximum atomic E-state index is 5.37. The lowest BCUT2D eigenvalue weighted by Gasteiger charge is -2.16. The highest BCUT2D eigenvalue weighted by molar-refractivity contribution is 4.54. The van der Waals surface area contributed by atoms with Gasteiger partial charge in [-0.15, -0.1) is 0 Å². The molecule has 3 heteroatoms. The first-order chi connectivity index (χ1) is 6.20. The van der Waals surface area contributed by atoms with Gasteiger partial charge in [0.1, 0.15) is 0 Å². The summed E-state index contributed by atoms with van der Waals surface area (Å²) in [6.07, 6.45) is 2.17. The normalized spacial score (nSPS) is 12.9. The Morgan fingerprint density at radius 1 is 1.31 bits per heavy atom. The van der Waals surface area contributed by atoms with Crippen LogP contribution in [0.1, 0.15) is 27.2 Å². The van der Waals surface area contributed by atoms with Crippen LogP contribution in [0.2, 0.25) is 0 Å². The Balaban J connectivity index is 3.49. The third-order valence-corrected chi connectivity index (χ3v) is 1.41. The average Bonchev–Trinajstić information content (AvgIpc) is 2.04. The van der Waals surface area contributed by atoms with Gasteiger partial charge in [-0.25, -0.2) is 0 Å². The molecule has 1 atom stereocenters. The molecule has 0 N–H and O–H groups in total. The Labute approximate surface area is 80.7 Å². The molecule has 0 aliphatic heterocycles. The van der Waals surface area contributed by atoms with Gasteiger partial charge in [0.05, 0.1) is 19.0 Å². The molecule has 0 aromatic heterocycles. The average molecular weight is 188 g/mol. The quantitative estimate of drug-likeness (QED) is 0.432. The third-order valence-electron chi connectivity index (χ3n) is 1.41. The van der Waals surface area contributed by atoms with Crippen molar-refractivity contribution < 1.29 is 14.2 Å². The zero-order chi connectivity index (χ0) is 10.1. The summed E-state index contributed by atoms with van der Waals surface area (Å²) in [6, 6.07) is 0. The lowest BCUT2D eigenvalue weighted by atomic mass is 10.4. The fourth-order valence-electron chi connectivity index (χ4n) is 0.884. The van der Waals surface area contributed by atoms with Crippen molar-refractivity contribution in [1.82, 2.24) is 0 Å². The molecule has 0 aliphatic rings. The molecule has 0 bridgehead atoms. The molecule has 13 heavy (non-hydrogen) atoms. The van der Waals surface area contributed by atoms with Crippen molar-refractivity contribution in [1.29, 1.82) is 0 Å². The summed E-state index contributed by atoms with van der Waals surface area (Å²) in [5, 5.41) is 0. The van der Waals surface area contributed by atoms with Gasteiger partial charge in [0.25, 0.3) is 0 Å². The van der Waals surface area contributed by atoms with E-state index in [0.717, 1.165) is 6.42 Å². The van der Waals surface area contributed by atoms with Gasteiger partial charge in [-0.1, -0.05) is 6.58 Å². The maximum Gasteiger partial charge on any atom is 0.201 e. The molecule has 0 amide bonds. The van der Waals surface area contributed by atoms with E-state index >= 15 is 0 Å². The van der Waals surface area contributed by atoms with Gasteiger partial charge < -0.3 is 14.2 Å². The Morgan fingerprint density at radius 2 is 2.00 bits per heavy atom. The fraction of sp³-hybridized carbons (Fsp3) is 0.800. The van der Waals surface area contributed by atoms with Gasteiger partial charge in [0, 0.05) is 13.0 Å². The first kappa shape index (κ1) is 12.5. The van der Waals surface area contributed by atoms with Gasteiger partial charge >= 0.3 is 0 Å². The molecule has 0 rings (SSSR count). The second-order valence-electron chi connectivity index (χ2n) is 2.90. The van der Waals surface area contributed by atoms with Crippen LogP contribution in [0.5, 0.6) is 0 Å². The summed E-state index contributed by atoms with van der Waals surface area (Å²) in [7, 11) is 0. The fourth-order valence-corrected chi connectivity index (χ4v) is 0.884. The van der Waals surface area contributed by atoms with Crippen LogP contribution in [0.15, 0.2) is 12.8 Å². The minimum atomic E-state index is -0.221. The van der Waals surface area contributed by atoms with Gasteiger partial charge in [0.15, 0.2) is 0 Å². The van der Waals surface area contributed by atoms with E-state index in [9.17, 15) is 0 Å². The molecule has 78 valence electrons. The number of hydrogen-bond donors (Lipinski definition) is 0. The number of hydrogen-bond acceptors (Lipinski definition) is 3. The van der Waals surface area contributed by atoms with Crippen LogP contribution in [0.4, 0.5) is 0 Å². The summed E-state index contributed by atoms with van der Waals surface area (Å²) in [6.45, 7) is 10.7. The standard InChI is InChI=1S/C10H20O3/c1-5-11-10(12-6-2)7-8-13-9(3)4/h5,9-10H,1,6-8H2,2-4H3. The molecule has 0 aromatic carbocycles. The Morgan fingerprint density at radius 3 is 2.46 bits per heavy atom. The molecule has 1 unspecified atom stereocenters. The van der Waals surface area contributed by atoms with Crippen molar-refractivity contribution in [3.63, 3.8) is 0 Å². The van der Waals surface area contributed by atoms with Gasteiger partial charge in [-0.3, -0.25) is 0 Å². The van der Waals surface area contributed by atoms with E-state index < -0.39 is 0 Å². The molecule has 0 fully saturated rings. The van der Waals surface area contributed by atoms with Gasteiger partial charge in [-0.05, 0) is 20.8 Å². The van der Waals surface area contributed by atoms with Gasteiger partial charge in [-0.2, -0.15) is 0 Å². The molecule has 0 aliphatic carbocycles. The van der Waals surface area contributed by atoms with Gasteiger partial charge in [0.2, 0.25) is 6.29 Å². The smallest absolute Gasteiger partial charge is 0.201 e. The SMILES string of the molecule is C=COC(CCOC(C)C)OCC. The molecule has 0 heterocycles. The minimum absolute atomic E-state index is 0.221. The molecular weight excluding hydrogens is 168 g/mol. The Hall–Kier alpha value is -0.540.